The number of nitrogens with one attached hydrogen (secondary N) is 1. The first-order chi connectivity index (χ1) is 14.1. The van der Waals surface area contributed by atoms with E-state index < -0.39 is 11.7 Å². The maximum absolute atomic E-state index is 13.0. The molecule has 0 spiro atoms. The Morgan fingerprint density at radius 2 is 1.76 bits per heavy atom. The smallest absolute Gasteiger partial charge is 0.275 e. The van der Waals surface area contributed by atoms with E-state index in [2.05, 4.69) is 15.4 Å². The lowest BCUT2D eigenvalue weighted by molar-refractivity contribution is -0.117. The van der Waals surface area contributed by atoms with Crippen LogP contribution in [0.25, 0.3) is 10.8 Å². The predicted molar refractivity (Wildman–Crippen MR) is 108 cm³/mol. The molecule has 29 heavy (non-hydrogen) atoms. The number of carbonyl (C=O) groups excluding carboxylic acids is 1. The van der Waals surface area contributed by atoms with Crippen molar-refractivity contribution in [3.05, 3.63) is 100 Å². The van der Waals surface area contributed by atoms with Gasteiger partial charge in [-0.1, -0.05) is 24.3 Å². The molecule has 0 aliphatic carbocycles. The summed E-state index contributed by atoms with van der Waals surface area (Å²) in [6.07, 6.45) is 3.91. The number of nitrogens with zero attached hydrogens (tertiary/aromatic N) is 3. The summed E-state index contributed by atoms with van der Waals surface area (Å²) in [6.45, 7) is -0.249. The van der Waals surface area contributed by atoms with Crippen molar-refractivity contribution in [3.63, 3.8) is 0 Å². The highest BCUT2D eigenvalue weighted by Gasteiger charge is 2.13. The van der Waals surface area contributed by atoms with E-state index in [4.69, 9.17) is 0 Å². The van der Waals surface area contributed by atoms with Gasteiger partial charge in [0.2, 0.25) is 5.91 Å². The fourth-order valence-electron chi connectivity index (χ4n) is 3.11. The number of aromatic nitrogens is 3. The monoisotopic (exact) mass is 388 g/mol. The lowest BCUT2D eigenvalue weighted by atomic mass is 10.1. The van der Waals surface area contributed by atoms with E-state index in [-0.39, 0.29) is 12.1 Å². The fraction of sp³-hybridized carbons (Fsp3) is 0.0909. The maximum Gasteiger partial charge on any atom is 0.275 e. The van der Waals surface area contributed by atoms with E-state index >= 15 is 0 Å². The molecule has 0 bridgehead atoms. The van der Waals surface area contributed by atoms with Crippen LogP contribution < -0.4 is 10.9 Å². The summed E-state index contributed by atoms with van der Waals surface area (Å²) in [7, 11) is 0. The summed E-state index contributed by atoms with van der Waals surface area (Å²) in [5.41, 5.74) is 1.74. The number of rotatable bonds is 5. The summed E-state index contributed by atoms with van der Waals surface area (Å²) in [4.78, 5) is 29.3. The number of halogens is 1. The van der Waals surface area contributed by atoms with Gasteiger partial charge in [0.15, 0.2) is 0 Å². The van der Waals surface area contributed by atoms with Crippen LogP contribution in [0.1, 0.15) is 11.3 Å². The number of carbonyl (C=O) groups is 1. The zero-order valence-electron chi connectivity index (χ0n) is 15.4. The van der Waals surface area contributed by atoms with Crippen molar-refractivity contribution in [2.45, 2.75) is 13.0 Å². The van der Waals surface area contributed by atoms with E-state index in [1.807, 2.05) is 24.3 Å². The number of fused-ring (bicyclic) bond motifs is 1. The van der Waals surface area contributed by atoms with Crippen molar-refractivity contribution >= 4 is 22.4 Å². The van der Waals surface area contributed by atoms with Gasteiger partial charge in [0.25, 0.3) is 5.56 Å². The standard InChI is InChI=1S/C22H17FN4O2/c23-16-7-9-17(10-8-16)25-21(28)14-27-22(29)19-6-2-1-5-18(19)20(26-27)12-15-4-3-11-24-13-15/h1-11,13H,12,14H2,(H,25,28). The molecule has 0 saturated carbocycles. The zero-order chi connectivity index (χ0) is 20.2. The first kappa shape index (κ1) is 18.5. The number of pyridine rings is 1. The van der Waals surface area contributed by atoms with Crippen LogP contribution in [-0.2, 0) is 17.8 Å². The maximum atomic E-state index is 13.0. The third-order valence-corrected chi connectivity index (χ3v) is 4.46. The SMILES string of the molecule is O=C(Cn1nc(Cc2cccnc2)c2ccccc2c1=O)Nc1ccc(F)cc1. The lowest BCUT2D eigenvalue weighted by Crippen LogP contribution is -2.30. The topological polar surface area (TPSA) is 76.9 Å². The molecule has 6 nitrogen and oxygen atoms in total. The Labute approximate surface area is 165 Å². The molecule has 2 aromatic heterocycles. The molecule has 1 amide bonds. The molecule has 4 rings (SSSR count). The summed E-state index contributed by atoms with van der Waals surface area (Å²) < 4.78 is 14.2. The highest BCUT2D eigenvalue weighted by molar-refractivity contribution is 5.91. The van der Waals surface area contributed by atoms with Gasteiger partial charge in [-0.3, -0.25) is 14.6 Å². The molecular weight excluding hydrogens is 371 g/mol. The number of hydrogen-bond acceptors (Lipinski definition) is 4. The molecule has 2 heterocycles. The van der Waals surface area contributed by atoms with Crippen molar-refractivity contribution in [2.75, 3.05) is 5.32 Å². The quantitative estimate of drug-likeness (QED) is 0.570. The zero-order valence-corrected chi connectivity index (χ0v) is 15.4. The average Bonchev–Trinajstić information content (AvgIpc) is 2.74. The van der Waals surface area contributed by atoms with Crippen LogP contribution in [-0.4, -0.2) is 20.7 Å². The second-order valence-corrected chi connectivity index (χ2v) is 6.55. The summed E-state index contributed by atoms with van der Waals surface area (Å²) in [6, 6.07) is 16.4. The van der Waals surface area contributed by atoms with Gasteiger partial charge in [-0.2, -0.15) is 5.10 Å². The molecule has 0 saturated heterocycles. The molecule has 0 atom stereocenters. The lowest BCUT2D eigenvalue weighted by Gasteiger charge is -2.11. The van der Waals surface area contributed by atoms with Gasteiger partial charge in [-0.25, -0.2) is 9.07 Å². The second kappa shape index (κ2) is 8.02. The van der Waals surface area contributed by atoms with Crippen LogP contribution >= 0.6 is 0 Å². The van der Waals surface area contributed by atoms with Crippen LogP contribution in [0.5, 0.6) is 0 Å². The van der Waals surface area contributed by atoms with Gasteiger partial charge in [-0.05, 0) is 42.0 Å². The number of amides is 1. The van der Waals surface area contributed by atoms with Crippen molar-refractivity contribution < 1.29 is 9.18 Å². The molecule has 2 aromatic carbocycles. The average molecular weight is 388 g/mol. The molecule has 144 valence electrons. The Bertz CT molecular complexity index is 1220. The molecule has 0 fully saturated rings. The predicted octanol–water partition coefficient (Wildman–Crippen LogP) is 3.16. The Hall–Kier alpha value is -3.87. The molecule has 0 aliphatic heterocycles. The molecule has 4 aromatic rings. The van der Waals surface area contributed by atoms with Crippen LogP contribution in [0.2, 0.25) is 0 Å². The molecule has 0 unspecified atom stereocenters. The van der Waals surface area contributed by atoms with Crippen molar-refractivity contribution in [3.8, 4) is 0 Å². The summed E-state index contributed by atoms with van der Waals surface area (Å²) in [5, 5.41) is 8.34. The third-order valence-electron chi connectivity index (χ3n) is 4.46. The third kappa shape index (κ3) is 4.19. The van der Waals surface area contributed by atoms with E-state index in [1.165, 1.54) is 24.3 Å². The normalized spacial score (nSPS) is 10.8. The minimum Gasteiger partial charge on any atom is -0.324 e. The molecular formula is C22H17FN4O2. The Morgan fingerprint density at radius 1 is 1.00 bits per heavy atom. The van der Waals surface area contributed by atoms with Gasteiger partial charge in [0.05, 0.1) is 11.1 Å². The summed E-state index contributed by atoms with van der Waals surface area (Å²) >= 11 is 0. The van der Waals surface area contributed by atoms with E-state index in [0.29, 0.717) is 23.2 Å². The van der Waals surface area contributed by atoms with Gasteiger partial charge < -0.3 is 5.32 Å². The highest BCUT2D eigenvalue weighted by atomic mass is 19.1. The van der Waals surface area contributed by atoms with Gasteiger partial charge >= 0.3 is 0 Å². The minimum atomic E-state index is -0.422. The second-order valence-electron chi connectivity index (χ2n) is 6.55. The Morgan fingerprint density at radius 3 is 2.48 bits per heavy atom. The largest absolute Gasteiger partial charge is 0.324 e. The van der Waals surface area contributed by atoms with Crippen molar-refractivity contribution in [1.29, 1.82) is 0 Å². The van der Waals surface area contributed by atoms with Crippen LogP contribution in [0.15, 0.2) is 77.9 Å². The minimum absolute atomic E-state index is 0.249. The highest BCUT2D eigenvalue weighted by Crippen LogP contribution is 2.16. The first-order valence-corrected chi connectivity index (χ1v) is 9.03. The first-order valence-electron chi connectivity index (χ1n) is 9.03. The molecule has 0 radical (unpaired) electrons. The van der Waals surface area contributed by atoms with E-state index in [9.17, 15) is 14.0 Å². The van der Waals surface area contributed by atoms with Crippen molar-refractivity contribution in [2.24, 2.45) is 0 Å². The van der Waals surface area contributed by atoms with Gasteiger partial charge in [0, 0.05) is 29.9 Å². The van der Waals surface area contributed by atoms with Gasteiger partial charge in [0.1, 0.15) is 12.4 Å². The summed E-state index contributed by atoms with van der Waals surface area (Å²) in [5.74, 6) is -0.815. The molecule has 1 N–H and O–H groups in total. The van der Waals surface area contributed by atoms with Crippen LogP contribution in [0.4, 0.5) is 10.1 Å². The van der Waals surface area contributed by atoms with Crippen molar-refractivity contribution in [1.82, 2.24) is 14.8 Å². The van der Waals surface area contributed by atoms with E-state index in [0.717, 1.165) is 15.6 Å². The number of hydrogen-bond donors (Lipinski definition) is 1. The van der Waals surface area contributed by atoms with Crippen LogP contribution in [0.3, 0.4) is 0 Å². The Balaban J connectivity index is 1.66. The fourth-order valence-corrected chi connectivity index (χ4v) is 3.11. The molecule has 7 heteroatoms. The Kier molecular flexibility index (Phi) is 5.11. The van der Waals surface area contributed by atoms with Gasteiger partial charge in [-0.15, -0.1) is 0 Å². The van der Waals surface area contributed by atoms with E-state index in [1.54, 1.807) is 24.5 Å². The van der Waals surface area contributed by atoms with Crippen LogP contribution in [0, 0.1) is 5.82 Å². The molecule has 0 aliphatic rings. The number of benzene rings is 2. The number of anilines is 1.